The average molecular weight is 304 g/mol. The molecule has 2 atom stereocenters. The number of primary amides is 1. The number of hydrogen-bond donors (Lipinski definition) is 2. The van der Waals surface area contributed by atoms with Gasteiger partial charge in [-0.25, -0.2) is 4.79 Å². The van der Waals surface area contributed by atoms with Crippen molar-refractivity contribution >= 4 is 17.8 Å². The lowest BCUT2D eigenvalue weighted by atomic mass is 9.99. The SMILES string of the molecule is CCCCC1c2ccccc2C(=O)N1C(CC(N)=O)C(=O)O. The molecule has 0 bridgehead atoms. The lowest BCUT2D eigenvalue weighted by Crippen LogP contribution is -2.45. The molecule has 1 aliphatic rings. The molecule has 0 saturated carbocycles. The third kappa shape index (κ3) is 2.95. The average Bonchev–Trinajstić information content (AvgIpc) is 2.75. The molecule has 0 saturated heterocycles. The fourth-order valence-electron chi connectivity index (χ4n) is 2.96. The highest BCUT2D eigenvalue weighted by molar-refractivity contribution is 6.01. The van der Waals surface area contributed by atoms with Gasteiger partial charge in [-0.3, -0.25) is 9.59 Å². The molecule has 6 heteroatoms. The molecule has 2 rings (SSSR count). The van der Waals surface area contributed by atoms with E-state index in [1.54, 1.807) is 12.1 Å². The number of aliphatic carboxylic acids is 1. The third-order valence-corrected chi connectivity index (χ3v) is 3.97. The van der Waals surface area contributed by atoms with Crippen molar-refractivity contribution in [2.45, 2.75) is 44.7 Å². The van der Waals surface area contributed by atoms with Crippen LogP contribution in [0, 0.1) is 0 Å². The second-order valence-electron chi connectivity index (χ2n) is 5.48. The topological polar surface area (TPSA) is 101 Å². The number of rotatable bonds is 7. The molecule has 0 spiro atoms. The monoisotopic (exact) mass is 304 g/mol. The molecule has 1 heterocycles. The molecule has 1 aromatic carbocycles. The van der Waals surface area contributed by atoms with Crippen LogP contribution in [0.4, 0.5) is 0 Å². The lowest BCUT2D eigenvalue weighted by Gasteiger charge is -2.30. The number of amides is 2. The van der Waals surface area contributed by atoms with Crippen molar-refractivity contribution in [2.24, 2.45) is 5.73 Å². The van der Waals surface area contributed by atoms with Crippen LogP contribution in [0.2, 0.25) is 0 Å². The van der Waals surface area contributed by atoms with Gasteiger partial charge in [-0.15, -0.1) is 0 Å². The Hall–Kier alpha value is -2.37. The van der Waals surface area contributed by atoms with Crippen LogP contribution < -0.4 is 5.73 Å². The Labute approximate surface area is 128 Å². The van der Waals surface area contributed by atoms with E-state index in [4.69, 9.17) is 5.73 Å². The van der Waals surface area contributed by atoms with Gasteiger partial charge in [0.25, 0.3) is 5.91 Å². The van der Waals surface area contributed by atoms with Gasteiger partial charge in [0, 0.05) is 5.56 Å². The first kappa shape index (κ1) is 16.0. The van der Waals surface area contributed by atoms with Crippen LogP contribution >= 0.6 is 0 Å². The zero-order valence-corrected chi connectivity index (χ0v) is 12.5. The minimum Gasteiger partial charge on any atom is -0.480 e. The summed E-state index contributed by atoms with van der Waals surface area (Å²) in [5.41, 5.74) is 6.50. The molecule has 0 aliphatic carbocycles. The molecule has 0 fully saturated rings. The van der Waals surface area contributed by atoms with Crippen LogP contribution in [0.25, 0.3) is 0 Å². The molecular formula is C16H20N2O4. The van der Waals surface area contributed by atoms with Crippen LogP contribution in [0.1, 0.15) is 54.6 Å². The molecule has 118 valence electrons. The predicted octanol–water partition coefficient (Wildman–Crippen LogP) is 1.70. The number of nitrogens with zero attached hydrogens (tertiary/aromatic N) is 1. The highest BCUT2D eigenvalue weighted by atomic mass is 16.4. The first-order valence-corrected chi connectivity index (χ1v) is 7.40. The van der Waals surface area contributed by atoms with E-state index in [1.165, 1.54) is 4.90 Å². The van der Waals surface area contributed by atoms with E-state index in [1.807, 2.05) is 19.1 Å². The third-order valence-electron chi connectivity index (χ3n) is 3.97. The number of hydrogen-bond acceptors (Lipinski definition) is 3. The summed E-state index contributed by atoms with van der Waals surface area (Å²) in [5.74, 6) is -2.28. The van der Waals surface area contributed by atoms with Crippen LogP contribution in [-0.2, 0) is 9.59 Å². The molecule has 0 aromatic heterocycles. The first-order chi connectivity index (χ1) is 10.5. The van der Waals surface area contributed by atoms with Crippen LogP contribution in [0.3, 0.4) is 0 Å². The van der Waals surface area contributed by atoms with E-state index in [-0.39, 0.29) is 18.4 Å². The van der Waals surface area contributed by atoms with E-state index in [9.17, 15) is 19.5 Å². The number of unbranched alkanes of at least 4 members (excludes halogenated alkanes) is 1. The number of carboxylic acids is 1. The summed E-state index contributed by atoms with van der Waals surface area (Å²) < 4.78 is 0. The van der Waals surface area contributed by atoms with Gasteiger partial charge in [-0.05, 0) is 18.1 Å². The van der Waals surface area contributed by atoms with Crippen LogP contribution in [0.15, 0.2) is 24.3 Å². The molecule has 6 nitrogen and oxygen atoms in total. The standard InChI is InChI=1S/C16H20N2O4/c1-2-3-8-12-10-6-4-5-7-11(10)15(20)18(12)13(16(21)22)9-14(17)19/h4-7,12-13H,2-3,8-9H2,1H3,(H2,17,19)(H,21,22). The summed E-state index contributed by atoms with van der Waals surface area (Å²) in [6.45, 7) is 2.03. The van der Waals surface area contributed by atoms with Crippen LogP contribution in [0.5, 0.6) is 0 Å². The van der Waals surface area contributed by atoms with Gasteiger partial charge in [-0.1, -0.05) is 38.0 Å². The Morgan fingerprint density at radius 1 is 1.36 bits per heavy atom. The quantitative estimate of drug-likeness (QED) is 0.800. The maximum atomic E-state index is 12.6. The Kier molecular flexibility index (Phi) is 4.80. The number of carbonyl (C=O) groups is 3. The van der Waals surface area contributed by atoms with E-state index < -0.39 is 17.9 Å². The summed E-state index contributed by atoms with van der Waals surface area (Å²) >= 11 is 0. The maximum Gasteiger partial charge on any atom is 0.326 e. The van der Waals surface area contributed by atoms with Gasteiger partial charge in [0.05, 0.1) is 12.5 Å². The second kappa shape index (κ2) is 6.60. The summed E-state index contributed by atoms with van der Waals surface area (Å²) in [5, 5.41) is 9.42. The summed E-state index contributed by atoms with van der Waals surface area (Å²) in [7, 11) is 0. The van der Waals surface area contributed by atoms with E-state index >= 15 is 0 Å². The fraction of sp³-hybridized carbons (Fsp3) is 0.438. The number of benzene rings is 1. The molecule has 1 aliphatic heterocycles. The largest absolute Gasteiger partial charge is 0.480 e. The predicted molar refractivity (Wildman–Crippen MR) is 80.1 cm³/mol. The van der Waals surface area contributed by atoms with Crippen molar-refractivity contribution in [1.29, 1.82) is 0 Å². The molecular weight excluding hydrogens is 284 g/mol. The normalized spacial score (nSPS) is 18.1. The summed E-state index contributed by atoms with van der Waals surface area (Å²) in [6.07, 6.45) is 2.10. The van der Waals surface area contributed by atoms with Crippen molar-refractivity contribution in [1.82, 2.24) is 4.90 Å². The first-order valence-electron chi connectivity index (χ1n) is 7.40. The van der Waals surface area contributed by atoms with Gasteiger partial charge in [0.1, 0.15) is 6.04 Å². The number of carboxylic acid groups (broad SMARTS) is 1. The van der Waals surface area contributed by atoms with Gasteiger partial charge in [0.2, 0.25) is 5.91 Å². The highest BCUT2D eigenvalue weighted by Gasteiger charge is 2.43. The Bertz CT molecular complexity index is 600. The van der Waals surface area contributed by atoms with Gasteiger partial charge < -0.3 is 15.7 Å². The maximum absolute atomic E-state index is 12.6. The smallest absolute Gasteiger partial charge is 0.326 e. The highest BCUT2D eigenvalue weighted by Crippen LogP contribution is 2.38. The van der Waals surface area contributed by atoms with E-state index in [0.717, 1.165) is 18.4 Å². The summed E-state index contributed by atoms with van der Waals surface area (Å²) in [6, 6.07) is 5.58. The molecule has 2 unspecified atom stereocenters. The molecule has 0 radical (unpaired) electrons. The number of fused-ring (bicyclic) bond motifs is 1. The molecule has 22 heavy (non-hydrogen) atoms. The van der Waals surface area contributed by atoms with Crippen LogP contribution in [-0.4, -0.2) is 33.8 Å². The molecule has 1 aromatic rings. The van der Waals surface area contributed by atoms with Gasteiger partial charge in [-0.2, -0.15) is 0 Å². The van der Waals surface area contributed by atoms with Gasteiger partial charge in [0.15, 0.2) is 0 Å². The van der Waals surface area contributed by atoms with Crippen molar-refractivity contribution in [3.8, 4) is 0 Å². The molecule has 3 N–H and O–H groups in total. The van der Waals surface area contributed by atoms with Crippen molar-refractivity contribution in [2.75, 3.05) is 0 Å². The minimum atomic E-state index is -1.22. The molecule has 2 amide bonds. The Morgan fingerprint density at radius 3 is 2.64 bits per heavy atom. The van der Waals surface area contributed by atoms with Crippen molar-refractivity contribution in [3.63, 3.8) is 0 Å². The van der Waals surface area contributed by atoms with Crippen molar-refractivity contribution < 1.29 is 19.5 Å². The van der Waals surface area contributed by atoms with Gasteiger partial charge >= 0.3 is 5.97 Å². The number of nitrogens with two attached hydrogens (primary N) is 1. The zero-order chi connectivity index (χ0) is 16.3. The fourth-order valence-corrected chi connectivity index (χ4v) is 2.96. The minimum absolute atomic E-state index is 0.316. The van der Waals surface area contributed by atoms with E-state index in [2.05, 4.69) is 0 Å². The second-order valence-corrected chi connectivity index (χ2v) is 5.48. The zero-order valence-electron chi connectivity index (χ0n) is 12.5. The summed E-state index contributed by atoms with van der Waals surface area (Å²) in [4.78, 5) is 36.6. The van der Waals surface area contributed by atoms with E-state index in [0.29, 0.717) is 12.0 Å². The van der Waals surface area contributed by atoms with Crippen molar-refractivity contribution in [3.05, 3.63) is 35.4 Å². The Morgan fingerprint density at radius 2 is 2.05 bits per heavy atom. The number of carbonyl (C=O) groups excluding carboxylic acids is 2. The lowest BCUT2D eigenvalue weighted by molar-refractivity contribution is -0.145. The Balaban J connectivity index is 2.41.